The number of carbonyl (C=O) groups is 1. The summed E-state index contributed by atoms with van der Waals surface area (Å²) in [7, 11) is 0. The highest BCUT2D eigenvalue weighted by molar-refractivity contribution is 5.93. The minimum atomic E-state index is -0.459. The SMILES string of the molecule is CCN(C(=O)CC(C)(C)N)c1ccccc1. The molecule has 0 aliphatic carbocycles. The molecule has 0 radical (unpaired) electrons. The third-order valence-electron chi connectivity index (χ3n) is 2.29. The normalized spacial score (nSPS) is 11.2. The summed E-state index contributed by atoms with van der Waals surface area (Å²) in [5.74, 6) is 0.0706. The highest BCUT2D eigenvalue weighted by Gasteiger charge is 2.21. The van der Waals surface area contributed by atoms with Crippen LogP contribution < -0.4 is 10.6 Å². The van der Waals surface area contributed by atoms with Gasteiger partial charge in [-0.3, -0.25) is 4.79 Å². The first-order chi connectivity index (χ1) is 7.44. The molecule has 16 heavy (non-hydrogen) atoms. The van der Waals surface area contributed by atoms with Crippen LogP contribution in [0.4, 0.5) is 5.69 Å². The van der Waals surface area contributed by atoms with E-state index in [-0.39, 0.29) is 5.91 Å². The van der Waals surface area contributed by atoms with E-state index in [4.69, 9.17) is 5.73 Å². The first-order valence-electron chi connectivity index (χ1n) is 5.58. The van der Waals surface area contributed by atoms with Gasteiger partial charge in [0.2, 0.25) is 5.91 Å². The molecule has 0 bridgehead atoms. The van der Waals surface area contributed by atoms with Crippen LogP contribution in [0.5, 0.6) is 0 Å². The molecule has 88 valence electrons. The predicted octanol–water partition coefficient (Wildman–Crippen LogP) is 2.17. The topological polar surface area (TPSA) is 46.3 Å². The lowest BCUT2D eigenvalue weighted by atomic mass is 10.0. The lowest BCUT2D eigenvalue weighted by molar-refractivity contribution is -0.119. The van der Waals surface area contributed by atoms with Crippen molar-refractivity contribution in [3.05, 3.63) is 30.3 Å². The van der Waals surface area contributed by atoms with Gasteiger partial charge in [0, 0.05) is 24.2 Å². The molecule has 1 aromatic carbocycles. The molecule has 1 aromatic rings. The molecular weight excluding hydrogens is 200 g/mol. The molecule has 0 atom stereocenters. The van der Waals surface area contributed by atoms with Gasteiger partial charge in [0.1, 0.15) is 0 Å². The van der Waals surface area contributed by atoms with Crippen LogP contribution in [0.1, 0.15) is 27.2 Å². The molecule has 0 saturated heterocycles. The van der Waals surface area contributed by atoms with Crippen molar-refractivity contribution in [2.24, 2.45) is 5.73 Å². The van der Waals surface area contributed by atoms with Crippen molar-refractivity contribution in [3.63, 3.8) is 0 Å². The molecule has 0 saturated carbocycles. The zero-order valence-electron chi connectivity index (χ0n) is 10.2. The Balaban J connectivity index is 2.80. The molecule has 0 unspecified atom stereocenters. The molecule has 0 heterocycles. The number of nitrogens with two attached hydrogens (primary N) is 1. The largest absolute Gasteiger partial charge is 0.325 e. The van der Waals surface area contributed by atoms with Crippen LogP contribution in [0.3, 0.4) is 0 Å². The highest BCUT2D eigenvalue weighted by atomic mass is 16.2. The summed E-state index contributed by atoms with van der Waals surface area (Å²) < 4.78 is 0. The van der Waals surface area contributed by atoms with E-state index in [1.54, 1.807) is 4.90 Å². The molecule has 1 amide bonds. The number of para-hydroxylation sites is 1. The number of anilines is 1. The van der Waals surface area contributed by atoms with Crippen LogP contribution in [0.2, 0.25) is 0 Å². The fraction of sp³-hybridized carbons (Fsp3) is 0.462. The predicted molar refractivity (Wildman–Crippen MR) is 67.4 cm³/mol. The fourth-order valence-corrected chi connectivity index (χ4v) is 1.60. The standard InChI is InChI=1S/C13H20N2O/c1-4-15(11-8-6-5-7-9-11)12(16)10-13(2,3)14/h5-9H,4,10,14H2,1-3H3. The van der Waals surface area contributed by atoms with E-state index in [2.05, 4.69) is 0 Å². The van der Waals surface area contributed by atoms with Gasteiger partial charge in [-0.05, 0) is 32.9 Å². The highest BCUT2D eigenvalue weighted by Crippen LogP contribution is 2.16. The number of benzene rings is 1. The van der Waals surface area contributed by atoms with Crippen LogP contribution in [0.25, 0.3) is 0 Å². The average Bonchev–Trinajstić information content (AvgIpc) is 2.17. The summed E-state index contributed by atoms with van der Waals surface area (Å²) in [6.07, 6.45) is 0.357. The quantitative estimate of drug-likeness (QED) is 0.845. The van der Waals surface area contributed by atoms with Gasteiger partial charge in [-0.25, -0.2) is 0 Å². The van der Waals surface area contributed by atoms with Crippen molar-refractivity contribution in [1.29, 1.82) is 0 Å². The van der Waals surface area contributed by atoms with Gasteiger partial charge in [0.15, 0.2) is 0 Å². The van der Waals surface area contributed by atoms with E-state index in [1.165, 1.54) is 0 Å². The third kappa shape index (κ3) is 3.66. The van der Waals surface area contributed by atoms with Gasteiger partial charge in [0.25, 0.3) is 0 Å². The Hall–Kier alpha value is -1.35. The maximum absolute atomic E-state index is 12.0. The summed E-state index contributed by atoms with van der Waals surface area (Å²) >= 11 is 0. The summed E-state index contributed by atoms with van der Waals surface area (Å²) in [5.41, 5.74) is 6.33. The molecule has 0 spiro atoms. The summed E-state index contributed by atoms with van der Waals surface area (Å²) in [5, 5.41) is 0. The van der Waals surface area contributed by atoms with Gasteiger partial charge >= 0.3 is 0 Å². The molecular formula is C13H20N2O. The van der Waals surface area contributed by atoms with Crippen molar-refractivity contribution >= 4 is 11.6 Å². The van der Waals surface area contributed by atoms with Gasteiger partial charge in [0.05, 0.1) is 0 Å². The summed E-state index contributed by atoms with van der Waals surface area (Å²) in [4.78, 5) is 13.8. The van der Waals surface area contributed by atoms with E-state index in [0.29, 0.717) is 13.0 Å². The van der Waals surface area contributed by atoms with Crippen LogP contribution in [0, 0.1) is 0 Å². The zero-order valence-corrected chi connectivity index (χ0v) is 10.2. The van der Waals surface area contributed by atoms with Crippen molar-refractivity contribution in [3.8, 4) is 0 Å². The van der Waals surface area contributed by atoms with Gasteiger partial charge in [-0.15, -0.1) is 0 Å². The molecule has 1 rings (SSSR count). The van der Waals surface area contributed by atoms with E-state index < -0.39 is 5.54 Å². The number of hydrogen-bond donors (Lipinski definition) is 1. The molecule has 2 N–H and O–H groups in total. The van der Waals surface area contributed by atoms with E-state index in [0.717, 1.165) is 5.69 Å². The van der Waals surface area contributed by atoms with Crippen molar-refractivity contribution < 1.29 is 4.79 Å². The third-order valence-corrected chi connectivity index (χ3v) is 2.29. The Kier molecular flexibility index (Phi) is 4.07. The monoisotopic (exact) mass is 220 g/mol. The lowest BCUT2D eigenvalue weighted by Gasteiger charge is -2.25. The van der Waals surface area contributed by atoms with Gasteiger partial charge < -0.3 is 10.6 Å². The first-order valence-corrected chi connectivity index (χ1v) is 5.58. The molecule has 0 aliphatic rings. The van der Waals surface area contributed by atoms with E-state index in [1.807, 2.05) is 51.1 Å². The maximum Gasteiger partial charge on any atom is 0.228 e. The van der Waals surface area contributed by atoms with Crippen LogP contribution in [-0.4, -0.2) is 18.0 Å². The number of rotatable bonds is 4. The Morgan fingerprint density at radius 1 is 1.31 bits per heavy atom. The maximum atomic E-state index is 12.0. The second-order valence-corrected chi connectivity index (χ2v) is 4.64. The lowest BCUT2D eigenvalue weighted by Crippen LogP contribution is -2.41. The molecule has 0 fully saturated rings. The van der Waals surface area contributed by atoms with Crippen LogP contribution in [0.15, 0.2) is 30.3 Å². The Morgan fingerprint density at radius 2 is 1.88 bits per heavy atom. The molecule has 0 aromatic heterocycles. The average molecular weight is 220 g/mol. The van der Waals surface area contributed by atoms with E-state index in [9.17, 15) is 4.79 Å². The van der Waals surface area contributed by atoms with Crippen LogP contribution in [-0.2, 0) is 4.79 Å². The number of hydrogen-bond acceptors (Lipinski definition) is 2. The van der Waals surface area contributed by atoms with Crippen molar-refractivity contribution in [2.75, 3.05) is 11.4 Å². The molecule has 3 heteroatoms. The Morgan fingerprint density at radius 3 is 2.31 bits per heavy atom. The minimum Gasteiger partial charge on any atom is -0.325 e. The minimum absolute atomic E-state index is 0.0706. The second kappa shape index (κ2) is 5.12. The smallest absolute Gasteiger partial charge is 0.228 e. The van der Waals surface area contributed by atoms with Crippen molar-refractivity contribution in [2.45, 2.75) is 32.7 Å². The van der Waals surface area contributed by atoms with Gasteiger partial charge in [-0.1, -0.05) is 18.2 Å². The van der Waals surface area contributed by atoms with Gasteiger partial charge in [-0.2, -0.15) is 0 Å². The van der Waals surface area contributed by atoms with Crippen LogP contribution >= 0.6 is 0 Å². The second-order valence-electron chi connectivity index (χ2n) is 4.64. The fourth-order valence-electron chi connectivity index (χ4n) is 1.60. The Labute approximate surface area is 97.2 Å². The summed E-state index contributed by atoms with van der Waals surface area (Å²) in [6.45, 7) is 6.36. The number of amides is 1. The number of nitrogens with zero attached hydrogens (tertiary/aromatic N) is 1. The summed E-state index contributed by atoms with van der Waals surface area (Å²) in [6, 6.07) is 9.67. The zero-order chi connectivity index (χ0) is 12.2. The molecule has 0 aliphatic heterocycles. The molecule has 3 nitrogen and oxygen atoms in total. The van der Waals surface area contributed by atoms with Crippen molar-refractivity contribution in [1.82, 2.24) is 0 Å². The first kappa shape index (κ1) is 12.7. The van der Waals surface area contributed by atoms with E-state index >= 15 is 0 Å². The Bertz CT molecular complexity index is 341. The number of carbonyl (C=O) groups excluding carboxylic acids is 1.